The van der Waals surface area contributed by atoms with Crippen molar-refractivity contribution >= 4 is 11.9 Å². The smallest absolute Gasteiger partial charge is 0.326 e. The number of imidazole rings is 1. The first-order valence-electron chi connectivity index (χ1n) is 7.41. The van der Waals surface area contributed by atoms with Crippen molar-refractivity contribution in [3.63, 3.8) is 0 Å². The number of halogens is 2. The van der Waals surface area contributed by atoms with E-state index >= 15 is 0 Å². The first-order valence-corrected chi connectivity index (χ1v) is 7.41. The molecule has 0 aliphatic heterocycles. The third-order valence-corrected chi connectivity index (χ3v) is 4.08. The van der Waals surface area contributed by atoms with Gasteiger partial charge in [-0.25, -0.2) is 18.6 Å². The minimum Gasteiger partial charge on any atom is -0.480 e. The molecule has 2 aromatic rings. The van der Waals surface area contributed by atoms with Crippen LogP contribution >= 0.6 is 0 Å². The Hall–Kier alpha value is -2.77. The molecule has 3 N–H and O–H groups in total. The molecule has 0 radical (unpaired) electrons. The molecule has 3 atom stereocenters. The number of benzene rings is 1. The van der Waals surface area contributed by atoms with Crippen molar-refractivity contribution in [1.82, 2.24) is 15.3 Å². The molecule has 6 nitrogen and oxygen atoms in total. The van der Waals surface area contributed by atoms with E-state index in [2.05, 4.69) is 15.3 Å². The zero-order chi connectivity index (χ0) is 17.3. The summed E-state index contributed by atoms with van der Waals surface area (Å²) < 4.78 is 26.7. The third kappa shape index (κ3) is 3.42. The van der Waals surface area contributed by atoms with Gasteiger partial charge in [-0.05, 0) is 24.0 Å². The molecule has 0 spiro atoms. The molecule has 0 bridgehead atoms. The number of carboxylic acid groups (broad SMARTS) is 1. The third-order valence-electron chi connectivity index (χ3n) is 4.08. The van der Waals surface area contributed by atoms with Crippen molar-refractivity contribution in [1.29, 1.82) is 0 Å². The zero-order valence-electron chi connectivity index (χ0n) is 12.5. The number of carbonyl (C=O) groups excluding carboxylic acids is 1. The van der Waals surface area contributed by atoms with Crippen molar-refractivity contribution in [3.8, 4) is 0 Å². The first-order chi connectivity index (χ1) is 11.5. The van der Waals surface area contributed by atoms with Gasteiger partial charge in [-0.15, -0.1) is 0 Å². The Morgan fingerprint density at radius 1 is 1.42 bits per heavy atom. The van der Waals surface area contributed by atoms with Crippen molar-refractivity contribution < 1.29 is 23.5 Å². The van der Waals surface area contributed by atoms with Crippen LogP contribution in [-0.2, 0) is 16.0 Å². The van der Waals surface area contributed by atoms with Gasteiger partial charge in [0.25, 0.3) is 0 Å². The standard InChI is InChI=1S/C16H15F2N3O3/c17-8-1-2-10(13(18)3-8)11-5-12(11)15(22)21-14(16(23)24)4-9-6-19-7-20-9/h1-3,6-7,11-12,14H,4-5H2,(H,19,20)(H,21,22)(H,23,24)/t11-,12+,14+/m0/s1. The lowest BCUT2D eigenvalue weighted by Crippen LogP contribution is -2.43. The quantitative estimate of drug-likeness (QED) is 0.747. The Kier molecular flexibility index (Phi) is 4.28. The number of rotatable bonds is 6. The van der Waals surface area contributed by atoms with Gasteiger partial charge in [-0.1, -0.05) is 6.07 Å². The van der Waals surface area contributed by atoms with E-state index in [-0.39, 0.29) is 17.9 Å². The minimum atomic E-state index is -1.16. The number of nitrogens with zero attached hydrogens (tertiary/aromatic N) is 1. The Labute approximate surface area is 135 Å². The van der Waals surface area contributed by atoms with Gasteiger partial charge in [0.2, 0.25) is 5.91 Å². The molecule has 0 saturated heterocycles. The van der Waals surface area contributed by atoms with Crippen LogP contribution in [0.4, 0.5) is 8.78 Å². The number of carbonyl (C=O) groups is 2. The highest BCUT2D eigenvalue weighted by Gasteiger charge is 2.46. The van der Waals surface area contributed by atoms with Crippen molar-refractivity contribution in [3.05, 3.63) is 53.6 Å². The van der Waals surface area contributed by atoms with Crippen LogP contribution in [0.25, 0.3) is 0 Å². The molecule has 8 heteroatoms. The van der Waals surface area contributed by atoms with Crippen molar-refractivity contribution in [2.75, 3.05) is 0 Å². The van der Waals surface area contributed by atoms with Gasteiger partial charge in [0, 0.05) is 30.3 Å². The second-order valence-electron chi connectivity index (χ2n) is 5.79. The Bertz CT molecular complexity index is 764. The number of aliphatic carboxylic acids is 1. The summed E-state index contributed by atoms with van der Waals surface area (Å²) >= 11 is 0. The summed E-state index contributed by atoms with van der Waals surface area (Å²) in [6, 6.07) is 2.14. The predicted molar refractivity (Wildman–Crippen MR) is 79.1 cm³/mol. The molecule has 24 heavy (non-hydrogen) atoms. The summed E-state index contributed by atoms with van der Waals surface area (Å²) in [4.78, 5) is 30.1. The van der Waals surface area contributed by atoms with Crippen LogP contribution in [0.3, 0.4) is 0 Å². The van der Waals surface area contributed by atoms with Gasteiger partial charge in [0.15, 0.2) is 0 Å². The van der Waals surface area contributed by atoms with E-state index in [0.29, 0.717) is 12.1 Å². The number of hydrogen-bond acceptors (Lipinski definition) is 3. The number of nitrogens with one attached hydrogen (secondary N) is 2. The molecule has 3 rings (SSSR count). The van der Waals surface area contributed by atoms with Gasteiger partial charge >= 0.3 is 5.97 Å². The minimum absolute atomic E-state index is 0.0728. The van der Waals surface area contributed by atoms with E-state index in [1.807, 2.05) is 0 Å². The first kappa shape index (κ1) is 16.1. The summed E-state index contributed by atoms with van der Waals surface area (Å²) in [6.07, 6.45) is 3.38. The highest BCUT2D eigenvalue weighted by atomic mass is 19.1. The van der Waals surface area contributed by atoms with Gasteiger partial charge in [0.1, 0.15) is 17.7 Å². The second-order valence-corrected chi connectivity index (χ2v) is 5.79. The molecule has 1 aromatic heterocycles. The lowest BCUT2D eigenvalue weighted by molar-refractivity contribution is -0.142. The van der Waals surface area contributed by atoms with E-state index < -0.39 is 35.5 Å². The van der Waals surface area contributed by atoms with Crippen LogP contribution in [0.15, 0.2) is 30.7 Å². The Balaban J connectivity index is 1.63. The van der Waals surface area contributed by atoms with Gasteiger partial charge in [-0.2, -0.15) is 0 Å². The van der Waals surface area contributed by atoms with Crippen molar-refractivity contribution in [2.24, 2.45) is 5.92 Å². The number of aromatic nitrogens is 2. The number of H-pyrrole nitrogens is 1. The van der Waals surface area contributed by atoms with E-state index in [1.165, 1.54) is 18.6 Å². The van der Waals surface area contributed by atoms with E-state index in [4.69, 9.17) is 0 Å². The molecular weight excluding hydrogens is 320 g/mol. The molecule has 0 unspecified atom stereocenters. The largest absolute Gasteiger partial charge is 0.480 e. The number of hydrogen-bond donors (Lipinski definition) is 3. The van der Waals surface area contributed by atoms with Gasteiger partial charge in [-0.3, -0.25) is 4.79 Å². The molecule has 1 amide bonds. The maximum absolute atomic E-state index is 13.7. The number of aromatic amines is 1. The summed E-state index contributed by atoms with van der Waals surface area (Å²) in [5.41, 5.74) is 0.858. The molecule has 126 valence electrons. The van der Waals surface area contributed by atoms with Crippen molar-refractivity contribution in [2.45, 2.75) is 24.8 Å². The fourth-order valence-corrected chi connectivity index (χ4v) is 2.73. The Morgan fingerprint density at radius 2 is 2.21 bits per heavy atom. The maximum Gasteiger partial charge on any atom is 0.326 e. The van der Waals surface area contributed by atoms with Gasteiger partial charge in [0.05, 0.1) is 6.33 Å². The molecule has 1 saturated carbocycles. The predicted octanol–water partition coefficient (Wildman–Crippen LogP) is 1.60. The molecule has 1 aromatic carbocycles. The highest BCUT2D eigenvalue weighted by molar-refractivity contribution is 5.87. The molecule has 1 aliphatic rings. The normalized spacial score (nSPS) is 20.4. The number of carboxylic acids is 1. The summed E-state index contributed by atoms with van der Waals surface area (Å²) in [7, 11) is 0. The lowest BCUT2D eigenvalue weighted by atomic mass is 10.1. The van der Waals surface area contributed by atoms with E-state index in [9.17, 15) is 23.5 Å². The fraction of sp³-hybridized carbons (Fsp3) is 0.312. The van der Waals surface area contributed by atoms with Crippen LogP contribution in [0.5, 0.6) is 0 Å². The highest BCUT2D eigenvalue weighted by Crippen LogP contribution is 2.48. The summed E-state index contributed by atoms with van der Waals surface area (Å²) in [5, 5.41) is 11.7. The molecular formula is C16H15F2N3O3. The molecule has 1 aliphatic carbocycles. The Morgan fingerprint density at radius 3 is 2.83 bits per heavy atom. The monoisotopic (exact) mass is 335 g/mol. The average molecular weight is 335 g/mol. The van der Waals surface area contributed by atoms with Crippen LogP contribution in [0, 0.1) is 17.6 Å². The van der Waals surface area contributed by atoms with Crippen LogP contribution in [0.1, 0.15) is 23.6 Å². The number of amides is 1. The second kappa shape index (κ2) is 6.38. The topological polar surface area (TPSA) is 95.1 Å². The van der Waals surface area contributed by atoms with Crippen LogP contribution in [0.2, 0.25) is 0 Å². The summed E-state index contributed by atoms with van der Waals surface area (Å²) in [5.74, 6) is -3.84. The van der Waals surface area contributed by atoms with E-state index in [0.717, 1.165) is 12.1 Å². The van der Waals surface area contributed by atoms with Gasteiger partial charge < -0.3 is 15.4 Å². The fourth-order valence-electron chi connectivity index (χ4n) is 2.73. The average Bonchev–Trinajstić information content (AvgIpc) is 3.14. The van der Waals surface area contributed by atoms with Crippen LogP contribution in [-0.4, -0.2) is 33.0 Å². The van der Waals surface area contributed by atoms with E-state index in [1.54, 1.807) is 0 Å². The molecule has 1 heterocycles. The SMILES string of the molecule is O=C(O)[C@@H](Cc1cnc[nH]1)NC(=O)[C@@H]1C[C@H]1c1ccc(F)cc1F. The molecule has 1 fully saturated rings. The maximum atomic E-state index is 13.7. The van der Waals surface area contributed by atoms with Crippen LogP contribution < -0.4 is 5.32 Å². The lowest BCUT2D eigenvalue weighted by Gasteiger charge is -2.13. The zero-order valence-corrected chi connectivity index (χ0v) is 12.5. The summed E-state index contributed by atoms with van der Waals surface area (Å²) in [6.45, 7) is 0.